The third-order valence-corrected chi connectivity index (χ3v) is 13.0. The van der Waals surface area contributed by atoms with E-state index in [1.54, 1.807) is 40.3 Å². The summed E-state index contributed by atoms with van der Waals surface area (Å²) >= 11 is 0. The predicted octanol–water partition coefficient (Wildman–Crippen LogP) is 5.09. The lowest BCUT2D eigenvalue weighted by molar-refractivity contribution is -0.134. The number of fused-ring (bicyclic) bond motifs is 1. The highest BCUT2D eigenvalue weighted by atomic mass is 19.1. The number of nitrogen functional groups attached to an aromatic ring is 1. The molecule has 14 heteroatoms. The second-order valence-corrected chi connectivity index (χ2v) is 17.6. The number of H-pyrrole nitrogens is 1. The van der Waals surface area contributed by atoms with Crippen molar-refractivity contribution in [2.45, 2.75) is 52.0 Å². The van der Waals surface area contributed by atoms with Crippen LogP contribution in [0.4, 0.5) is 10.1 Å². The van der Waals surface area contributed by atoms with Crippen LogP contribution in [0.2, 0.25) is 0 Å². The van der Waals surface area contributed by atoms with E-state index in [0.29, 0.717) is 85.0 Å². The fourth-order valence-electron chi connectivity index (χ4n) is 9.44. The first-order valence-corrected chi connectivity index (χ1v) is 21.8. The van der Waals surface area contributed by atoms with Gasteiger partial charge in [0.25, 0.3) is 17.4 Å². The molecule has 0 spiro atoms. The maximum atomic E-state index is 15.1. The predicted molar refractivity (Wildman–Crippen MR) is 238 cm³/mol. The summed E-state index contributed by atoms with van der Waals surface area (Å²) < 4.78 is 15.1. The molecule has 13 nitrogen and oxygen atoms in total. The monoisotopic (exact) mass is 841 g/mol. The van der Waals surface area contributed by atoms with Crippen LogP contribution in [0.3, 0.4) is 0 Å². The molecule has 3 amide bonds. The molecule has 3 N–H and O–H groups in total. The molecule has 3 aromatic carbocycles. The van der Waals surface area contributed by atoms with E-state index in [9.17, 15) is 19.2 Å². The van der Waals surface area contributed by atoms with E-state index >= 15 is 4.39 Å². The van der Waals surface area contributed by atoms with E-state index in [2.05, 4.69) is 57.9 Å². The van der Waals surface area contributed by atoms with Crippen LogP contribution in [0.15, 0.2) is 83.8 Å². The summed E-state index contributed by atoms with van der Waals surface area (Å²) in [5.41, 5.74) is 11.0. The number of nitrogens with zero attached hydrogens (tertiary/aromatic N) is 7. The quantitative estimate of drug-likeness (QED) is 0.196. The molecular formula is C48H56FN9O4. The number of carbonyl (C=O) groups excluding carboxylic acids is 3. The summed E-state index contributed by atoms with van der Waals surface area (Å²) in [4.78, 5) is 67.6. The SMILES string of the molecule is CCc1cccc(-c2cnc(C(=O)N3CCC(CN4CCN(CC(=O)N5CCN(C(=O)c6cc(Cc7n[nH]c(=O)c8ccccc78)ccc6F)CC5)CC4)CC3(C)C)c(N)c2)c1. The van der Waals surface area contributed by atoms with Gasteiger partial charge in [0.2, 0.25) is 5.91 Å². The van der Waals surface area contributed by atoms with Gasteiger partial charge in [0, 0.05) is 94.6 Å². The molecule has 2 aromatic heterocycles. The molecule has 1 atom stereocenters. The van der Waals surface area contributed by atoms with E-state index < -0.39 is 11.7 Å². The van der Waals surface area contributed by atoms with E-state index in [-0.39, 0.29) is 28.5 Å². The van der Waals surface area contributed by atoms with Crippen molar-refractivity contribution in [2.75, 3.05) is 77.7 Å². The third kappa shape index (κ3) is 9.26. The van der Waals surface area contributed by atoms with Gasteiger partial charge in [-0.25, -0.2) is 14.5 Å². The van der Waals surface area contributed by atoms with Gasteiger partial charge in [0.05, 0.1) is 28.9 Å². The average molecular weight is 842 g/mol. The highest BCUT2D eigenvalue weighted by Gasteiger charge is 2.40. The topological polar surface area (TPSA) is 152 Å². The number of hydrogen-bond donors (Lipinski definition) is 2. The molecule has 3 saturated heterocycles. The number of carbonyl (C=O) groups is 3. The highest BCUT2D eigenvalue weighted by Crippen LogP contribution is 2.34. The fourth-order valence-corrected chi connectivity index (χ4v) is 9.44. The molecule has 8 rings (SSSR count). The van der Waals surface area contributed by atoms with Gasteiger partial charge in [-0.05, 0) is 80.0 Å². The van der Waals surface area contributed by atoms with Gasteiger partial charge in [-0.2, -0.15) is 5.10 Å². The lowest BCUT2D eigenvalue weighted by Crippen LogP contribution is -2.56. The Morgan fingerprint density at radius 3 is 2.26 bits per heavy atom. The standard InChI is InChI=1S/C48H56FN9O4/c1-4-32-8-7-9-35(24-32)36-27-41(50)44(51-29-36)47(62)58-15-14-34(28-48(58,2)3)30-54-16-18-55(19-17-54)31-43(59)56-20-22-57(23-21-56)46(61)39-25-33(12-13-40(39)49)26-42-37-10-5-6-11-38(37)45(60)53-52-42/h5-13,24-25,27,29,34H,4,14-23,26,28,30-31,50H2,1-3H3,(H,53,60). The van der Waals surface area contributed by atoms with Crippen LogP contribution in [0.1, 0.15) is 71.3 Å². The normalized spacial score (nSPS) is 18.6. The highest BCUT2D eigenvalue weighted by molar-refractivity contribution is 5.98. The van der Waals surface area contributed by atoms with Crippen LogP contribution in [0.25, 0.3) is 21.9 Å². The molecule has 0 bridgehead atoms. The summed E-state index contributed by atoms with van der Waals surface area (Å²) in [6, 6.07) is 21.8. The number of pyridine rings is 1. The number of aromatic nitrogens is 3. The Morgan fingerprint density at radius 1 is 0.806 bits per heavy atom. The van der Waals surface area contributed by atoms with Crippen molar-refractivity contribution in [3.8, 4) is 11.1 Å². The van der Waals surface area contributed by atoms with Gasteiger partial charge >= 0.3 is 0 Å². The molecule has 0 aliphatic carbocycles. The minimum Gasteiger partial charge on any atom is -0.397 e. The van der Waals surface area contributed by atoms with Crippen molar-refractivity contribution in [2.24, 2.45) is 5.92 Å². The van der Waals surface area contributed by atoms with Crippen molar-refractivity contribution in [1.29, 1.82) is 0 Å². The first-order valence-electron chi connectivity index (χ1n) is 21.8. The van der Waals surface area contributed by atoms with Gasteiger partial charge in [-0.1, -0.05) is 55.5 Å². The van der Waals surface area contributed by atoms with Crippen molar-refractivity contribution in [1.82, 2.24) is 39.7 Å². The van der Waals surface area contributed by atoms with Gasteiger partial charge in [-0.3, -0.25) is 24.1 Å². The summed E-state index contributed by atoms with van der Waals surface area (Å²) in [7, 11) is 0. The molecule has 5 aromatic rings. The minimum absolute atomic E-state index is 0.0192. The maximum Gasteiger partial charge on any atom is 0.275 e. The van der Waals surface area contributed by atoms with Crippen molar-refractivity contribution in [3.05, 3.63) is 123 Å². The van der Waals surface area contributed by atoms with Crippen LogP contribution >= 0.6 is 0 Å². The van der Waals surface area contributed by atoms with Crippen molar-refractivity contribution in [3.63, 3.8) is 0 Å². The molecule has 3 aliphatic rings. The Kier molecular flexibility index (Phi) is 12.5. The molecule has 324 valence electrons. The lowest BCUT2D eigenvalue weighted by Gasteiger charge is -2.47. The van der Waals surface area contributed by atoms with Gasteiger partial charge in [0.1, 0.15) is 5.82 Å². The van der Waals surface area contributed by atoms with E-state index in [1.165, 1.54) is 11.6 Å². The number of hydrogen-bond acceptors (Lipinski definition) is 9. The Labute approximate surface area is 361 Å². The first-order chi connectivity index (χ1) is 29.9. The fraction of sp³-hybridized carbons (Fsp3) is 0.417. The molecule has 3 fully saturated rings. The summed E-state index contributed by atoms with van der Waals surface area (Å²) in [5.74, 6) is -0.669. The zero-order chi connectivity index (χ0) is 43.5. The van der Waals surface area contributed by atoms with Crippen molar-refractivity contribution < 1.29 is 18.8 Å². The number of piperidine rings is 1. The first kappa shape index (κ1) is 42.7. The zero-order valence-corrected chi connectivity index (χ0v) is 35.9. The van der Waals surface area contributed by atoms with Crippen molar-refractivity contribution >= 4 is 34.2 Å². The summed E-state index contributed by atoms with van der Waals surface area (Å²) in [6.45, 7) is 13.0. The lowest BCUT2D eigenvalue weighted by atomic mass is 9.82. The molecule has 3 aliphatic heterocycles. The maximum absolute atomic E-state index is 15.1. The van der Waals surface area contributed by atoms with E-state index in [1.807, 2.05) is 35.2 Å². The number of piperazine rings is 2. The second-order valence-electron chi connectivity index (χ2n) is 17.6. The Hall–Kier alpha value is -5.99. The number of aromatic amines is 1. The van der Waals surface area contributed by atoms with Gasteiger partial charge in [-0.15, -0.1) is 0 Å². The minimum atomic E-state index is -0.602. The summed E-state index contributed by atoms with van der Waals surface area (Å²) in [5, 5.41) is 7.99. The zero-order valence-electron chi connectivity index (χ0n) is 35.9. The molecular weight excluding hydrogens is 786 g/mol. The Morgan fingerprint density at radius 2 is 1.53 bits per heavy atom. The van der Waals surface area contributed by atoms with Crippen LogP contribution in [-0.4, -0.2) is 135 Å². The van der Waals surface area contributed by atoms with Crippen LogP contribution < -0.4 is 11.3 Å². The number of nitrogens with one attached hydrogen (secondary N) is 1. The summed E-state index contributed by atoms with van der Waals surface area (Å²) in [6.07, 6.45) is 4.77. The second kappa shape index (κ2) is 18.2. The van der Waals surface area contributed by atoms with Crippen LogP contribution in [0, 0.1) is 11.7 Å². The van der Waals surface area contributed by atoms with Gasteiger partial charge in [0.15, 0.2) is 5.69 Å². The van der Waals surface area contributed by atoms with Crippen LogP contribution in [-0.2, 0) is 17.6 Å². The number of rotatable bonds is 10. The molecule has 62 heavy (non-hydrogen) atoms. The number of halogens is 1. The smallest absolute Gasteiger partial charge is 0.275 e. The number of aryl methyl sites for hydroxylation is 1. The third-order valence-electron chi connectivity index (χ3n) is 13.0. The molecule has 1 unspecified atom stereocenters. The Balaban J connectivity index is 0.780. The van der Waals surface area contributed by atoms with Gasteiger partial charge < -0.3 is 25.3 Å². The molecule has 0 saturated carbocycles. The number of anilines is 1. The number of likely N-dealkylation sites (tertiary alicyclic amines) is 1. The average Bonchev–Trinajstić information content (AvgIpc) is 3.28. The van der Waals surface area contributed by atoms with E-state index in [0.717, 1.165) is 63.1 Å². The molecule has 5 heterocycles. The number of nitrogens with two attached hydrogens (primary N) is 1. The number of benzene rings is 3. The van der Waals surface area contributed by atoms with E-state index in [4.69, 9.17) is 5.73 Å². The largest absolute Gasteiger partial charge is 0.397 e. The molecule has 0 radical (unpaired) electrons. The number of amides is 3. The Bertz CT molecular complexity index is 2530. The van der Waals surface area contributed by atoms with Crippen LogP contribution in [0.5, 0.6) is 0 Å².